The molecule has 0 aliphatic heterocycles. The number of rotatable bonds is 8. The Morgan fingerprint density at radius 1 is 1.30 bits per heavy atom. The maximum Gasteiger partial charge on any atom is 0.161 e. The van der Waals surface area contributed by atoms with Gasteiger partial charge in [-0.3, -0.25) is 4.90 Å². The van der Waals surface area contributed by atoms with Crippen LogP contribution in [0.1, 0.15) is 38.3 Å². The molecular formula is C16H24N2O2. The third-order valence-electron chi connectivity index (χ3n) is 3.23. The van der Waals surface area contributed by atoms with Gasteiger partial charge in [-0.05, 0) is 44.6 Å². The topological polar surface area (TPSA) is 45.5 Å². The lowest BCUT2D eigenvalue weighted by atomic mass is 10.1. The normalized spacial score (nSPS) is 12.0. The molecule has 4 nitrogen and oxygen atoms in total. The minimum Gasteiger partial charge on any atom is -0.493 e. The second kappa shape index (κ2) is 8.44. The van der Waals surface area contributed by atoms with Gasteiger partial charge in [0.2, 0.25) is 0 Å². The van der Waals surface area contributed by atoms with Crippen molar-refractivity contribution in [3.63, 3.8) is 0 Å². The van der Waals surface area contributed by atoms with E-state index in [2.05, 4.69) is 17.9 Å². The smallest absolute Gasteiger partial charge is 0.161 e. The molecule has 1 unspecified atom stereocenters. The summed E-state index contributed by atoms with van der Waals surface area (Å²) in [6.45, 7) is 5.56. The molecule has 0 spiro atoms. The molecule has 0 saturated heterocycles. The Hall–Kier alpha value is -1.73. The van der Waals surface area contributed by atoms with Gasteiger partial charge in [0, 0.05) is 0 Å². The maximum absolute atomic E-state index is 9.43. The molecule has 20 heavy (non-hydrogen) atoms. The highest BCUT2D eigenvalue weighted by molar-refractivity contribution is 5.44. The molecule has 1 aromatic carbocycles. The number of methoxy groups -OCH3 is 1. The van der Waals surface area contributed by atoms with E-state index >= 15 is 0 Å². The summed E-state index contributed by atoms with van der Waals surface area (Å²) in [7, 11) is 3.60. The van der Waals surface area contributed by atoms with Crippen LogP contribution in [0.5, 0.6) is 11.5 Å². The van der Waals surface area contributed by atoms with Gasteiger partial charge >= 0.3 is 0 Å². The average Bonchev–Trinajstić information content (AvgIpc) is 2.46. The van der Waals surface area contributed by atoms with Crippen molar-refractivity contribution >= 4 is 0 Å². The molecule has 4 heteroatoms. The predicted molar refractivity (Wildman–Crippen MR) is 80.1 cm³/mol. The highest BCUT2D eigenvalue weighted by Crippen LogP contribution is 2.31. The zero-order chi connectivity index (χ0) is 15.0. The molecule has 1 aromatic rings. The molecule has 1 atom stereocenters. The summed E-state index contributed by atoms with van der Waals surface area (Å²) >= 11 is 0. The first-order chi connectivity index (χ1) is 9.67. The van der Waals surface area contributed by atoms with E-state index in [1.807, 2.05) is 32.2 Å². The fourth-order valence-corrected chi connectivity index (χ4v) is 2.10. The van der Waals surface area contributed by atoms with Crippen molar-refractivity contribution in [1.82, 2.24) is 4.90 Å². The summed E-state index contributed by atoms with van der Waals surface area (Å²) < 4.78 is 10.8. The zero-order valence-electron chi connectivity index (χ0n) is 12.8. The van der Waals surface area contributed by atoms with Crippen molar-refractivity contribution in [2.24, 2.45) is 0 Å². The van der Waals surface area contributed by atoms with Crippen LogP contribution in [0.4, 0.5) is 0 Å². The fraction of sp³-hybridized carbons (Fsp3) is 0.562. The first-order valence-electron chi connectivity index (χ1n) is 7.08. The van der Waals surface area contributed by atoms with Gasteiger partial charge in [0.15, 0.2) is 11.5 Å². The van der Waals surface area contributed by atoms with E-state index in [0.717, 1.165) is 24.9 Å². The van der Waals surface area contributed by atoms with E-state index in [-0.39, 0.29) is 6.04 Å². The first kappa shape index (κ1) is 16.3. The number of benzene rings is 1. The summed E-state index contributed by atoms with van der Waals surface area (Å²) in [6, 6.07) is 7.79. The van der Waals surface area contributed by atoms with Crippen LogP contribution in [0, 0.1) is 11.3 Å². The van der Waals surface area contributed by atoms with E-state index in [4.69, 9.17) is 9.47 Å². The lowest BCUT2D eigenvalue weighted by Crippen LogP contribution is -2.24. The van der Waals surface area contributed by atoms with Crippen LogP contribution < -0.4 is 9.47 Å². The minimum absolute atomic E-state index is 0.258. The number of hydrogen-bond donors (Lipinski definition) is 0. The van der Waals surface area contributed by atoms with Gasteiger partial charge in [-0.25, -0.2) is 0 Å². The molecule has 0 aliphatic rings. The number of unbranched alkanes of at least 4 members (excludes halogenated alkanes) is 1. The van der Waals surface area contributed by atoms with E-state index in [1.54, 1.807) is 7.11 Å². The van der Waals surface area contributed by atoms with Crippen molar-refractivity contribution in [1.29, 1.82) is 5.26 Å². The monoisotopic (exact) mass is 276 g/mol. The second-order valence-corrected chi connectivity index (χ2v) is 4.71. The Balaban J connectivity index is 2.98. The predicted octanol–water partition coefficient (Wildman–Crippen LogP) is 3.39. The highest BCUT2D eigenvalue weighted by Gasteiger charge is 2.18. The fourth-order valence-electron chi connectivity index (χ4n) is 2.10. The van der Waals surface area contributed by atoms with E-state index in [0.29, 0.717) is 18.1 Å². The lowest BCUT2D eigenvalue weighted by molar-refractivity contribution is 0.283. The summed E-state index contributed by atoms with van der Waals surface area (Å²) in [5, 5.41) is 9.43. The highest BCUT2D eigenvalue weighted by atomic mass is 16.5. The van der Waals surface area contributed by atoms with E-state index in [1.165, 1.54) is 0 Å². The molecular weight excluding hydrogens is 252 g/mol. The Labute approximate surface area is 121 Å². The molecule has 0 fully saturated rings. The van der Waals surface area contributed by atoms with Crippen molar-refractivity contribution in [2.45, 2.75) is 32.7 Å². The van der Waals surface area contributed by atoms with Crippen LogP contribution in [0.2, 0.25) is 0 Å². The third-order valence-corrected chi connectivity index (χ3v) is 3.23. The number of hydrogen-bond acceptors (Lipinski definition) is 4. The van der Waals surface area contributed by atoms with Gasteiger partial charge in [-0.1, -0.05) is 19.4 Å². The Bertz CT molecular complexity index is 454. The summed E-state index contributed by atoms with van der Waals surface area (Å²) in [5.41, 5.74) is 0.940. The standard InChI is InChI=1S/C16H24N2O2/c1-5-7-10-18(3)14(12-17)13-8-9-15(19-4)16(11-13)20-6-2/h8-9,11,14H,5-7,10H2,1-4H3. The maximum atomic E-state index is 9.43. The van der Waals surface area contributed by atoms with Crippen molar-refractivity contribution in [3.8, 4) is 17.6 Å². The van der Waals surface area contributed by atoms with Crippen LogP contribution in [0.15, 0.2) is 18.2 Å². The third kappa shape index (κ3) is 4.14. The average molecular weight is 276 g/mol. The molecule has 110 valence electrons. The Morgan fingerprint density at radius 3 is 2.60 bits per heavy atom. The second-order valence-electron chi connectivity index (χ2n) is 4.71. The van der Waals surface area contributed by atoms with Crippen molar-refractivity contribution < 1.29 is 9.47 Å². The molecule has 0 saturated carbocycles. The van der Waals surface area contributed by atoms with Gasteiger partial charge in [0.25, 0.3) is 0 Å². The summed E-state index contributed by atoms with van der Waals surface area (Å²) in [4.78, 5) is 2.07. The molecule has 0 bridgehead atoms. The van der Waals surface area contributed by atoms with Gasteiger partial charge < -0.3 is 9.47 Å². The zero-order valence-corrected chi connectivity index (χ0v) is 12.8. The number of nitrogens with zero attached hydrogens (tertiary/aromatic N) is 2. The molecule has 0 aromatic heterocycles. The minimum atomic E-state index is -0.258. The molecule has 0 heterocycles. The van der Waals surface area contributed by atoms with Crippen molar-refractivity contribution in [2.75, 3.05) is 27.3 Å². The van der Waals surface area contributed by atoms with Gasteiger partial charge in [-0.2, -0.15) is 5.26 Å². The van der Waals surface area contributed by atoms with Gasteiger partial charge in [0.05, 0.1) is 19.8 Å². The lowest BCUT2D eigenvalue weighted by Gasteiger charge is -2.23. The summed E-state index contributed by atoms with van der Waals surface area (Å²) in [5.74, 6) is 1.39. The van der Waals surface area contributed by atoms with E-state index < -0.39 is 0 Å². The van der Waals surface area contributed by atoms with Gasteiger partial charge in [-0.15, -0.1) is 0 Å². The van der Waals surface area contributed by atoms with Crippen molar-refractivity contribution in [3.05, 3.63) is 23.8 Å². The molecule has 0 amide bonds. The Morgan fingerprint density at radius 2 is 2.05 bits per heavy atom. The van der Waals surface area contributed by atoms with Gasteiger partial charge in [0.1, 0.15) is 6.04 Å². The Kier molecular flexibility index (Phi) is 6.89. The van der Waals surface area contributed by atoms with E-state index in [9.17, 15) is 5.26 Å². The molecule has 1 rings (SSSR count). The van der Waals surface area contributed by atoms with Crippen LogP contribution in [0.25, 0.3) is 0 Å². The largest absolute Gasteiger partial charge is 0.493 e. The van der Waals surface area contributed by atoms with Crippen LogP contribution in [-0.2, 0) is 0 Å². The first-order valence-corrected chi connectivity index (χ1v) is 7.08. The number of ether oxygens (including phenoxy) is 2. The van der Waals surface area contributed by atoms with Crippen LogP contribution >= 0.6 is 0 Å². The molecule has 0 aliphatic carbocycles. The molecule has 0 radical (unpaired) electrons. The number of nitriles is 1. The SMILES string of the molecule is CCCCN(C)C(C#N)c1ccc(OC)c(OCC)c1. The summed E-state index contributed by atoms with van der Waals surface area (Å²) in [6.07, 6.45) is 2.21. The van der Waals surface area contributed by atoms with Crippen LogP contribution in [-0.4, -0.2) is 32.2 Å². The molecule has 0 N–H and O–H groups in total. The quantitative estimate of drug-likeness (QED) is 0.730. The van der Waals surface area contributed by atoms with Crippen LogP contribution in [0.3, 0.4) is 0 Å².